The number of aryl methyl sites for hydroxylation is 1. The number of benzene rings is 1. The second-order valence-electron chi connectivity index (χ2n) is 5.85. The van der Waals surface area contributed by atoms with Crippen molar-refractivity contribution in [3.05, 3.63) is 47.7 Å². The molecule has 1 aliphatic rings. The van der Waals surface area contributed by atoms with Crippen molar-refractivity contribution in [2.75, 3.05) is 18.0 Å². The maximum Gasteiger partial charge on any atom is 0.171 e. The summed E-state index contributed by atoms with van der Waals surface area (Å²) in [4.78, 5) is 6.40. The molecule has 0 amide bonds. The van der Waals surface area contributed by atoms with Gasteiger partial charge in [-0.15, -0.1) is 0 Å². The standard InChI is InChI=1S/C18H22N2O2/c1-13-5-3-7-17(14(13)2)22-15-8-11-20(12-9-15)18-16(21)6-4-10-19-18/h3-7,10,15,21H,8-9,11-12H2,1-2H3. The molecule has 0 bridgehead atoms. The lowest BCUT2D eigenvalue weighted by Gasteiger charge is -2.33. The summed E-state index contributed by atoms with van der Waals surface area (Å²) in [6.45, 7) is 5.90. The average Bonchev–Trinajstić information content (AvgIpc) is 2.53. The van der Waals surface area contributed by atoms with Crippen LogP contribution in [0.3, 0.4) is 0 Å². The zero-order valence-electron chi connectivity index (χ0n) is 13.1. The van der Waals surface area contributed by atoms with Crippen LogP contribution in [0.1, 0.15) is 24.0 Å². The van der Waals surface area contributed by atoms with Crippen molar-refractivity contribution in [2.24, 2.45) is 0 Å². The quantitative estimate of drug-likeness (QED) is 0.942. The van der Waals surface area contributed by atoms with Crippen LogP contribution in [0, 0.1) is 13.8 Å². The summed E-state index contributed by atoms with van der Waals surface area (Å²) in [5.41, 5.74) is 2.47. The largest absolute Gasteiger partial charge is 0.504 e. The smallest absolute Gasteiger partial charge is 0.171 e. The van der Waals surface area contributed by atoms with Gasteiger partial charge < -0.3 is 14.7 Å². The summed E-state index contributed by atoms with van der Waals surface area (Å²) in [5, 5.41) is 9.90. The van der Waals surface area contributed by atoms with Crippen molar-refractivity contribution in [3.8, 4) is 11.5 Å². The van der Waals surface area contributed by atoms with Gasteiger partial charge in [-0.2, -0.15) is 0 Å². The normalized spacial score (nSPS) is 15.8. The Morgan fingerprint density at radius 1 is 1.14 bits per heavy atom. The Hall–Kier alpha value is -2.23. The van der Waals surface area contributed by atoms with E-state index in [2.05, 4.69) is 29.8 Å². The maximum absolute atomic E-state index is 9.90. The Kier molecular flexibility index (Phi) is 4.18. The van der Waals surface area contributed by atoms with Crippen LogP contribution >= 0.6 is 0 Å². The molecule has 1 fully saturated rings. The van der Waals surface area contributed by atoms with Crippen LogP contribution in [0.5, 0.6) is 11.5 Å². The lowest BCUT2D eigenvalue weighted by atomic mass is 10.1. The van der Waals surface area contributed by atoms with Crippen LogP contribution in [-0.2, 0) is 0 Å². The second kappa shape index (κ2) is 6.26. The molecule has 1 aromatic heterocycles. The predicted molar refractivity (Wildman–Crippen MR) is 87.7 cm³/mol. The van der Waals surface area contributed by atoms with E-state index >= 15 is 0 Å². The molecular formula is C18H22N2O2. The summed E-state index contributed by atoms with van der Waals surface area (Å²) < 4.78 is 6.17. The molecule has 0 aliphatic carbocycles. The Morgan fingerprint density at radius 3 is 2.64 bits per heavy atom. The lowest BCUT2D eigenvalue weighted by molar-refractivity contribution is 0.169. The Balaban J connectivity index is 1.63. The molecule has 3 rings (SSSR count). The van der Waals surface area contributed by atoms with Gasteiger partial charge in [0.25, 0.3) is 0 Å². The maximum atomic E-state index is 9.90. The van der Waals surface area contributed by atoms with E-state index in [4.69, 9.17) is 4.74 Å². The highest BCUT2D eigenvalue weighted by Gasteiger charge is 2.23. The van der Waals surface area contributed by atoms with Crippen LogP contribution in [0.15, 0.2) is 36.5 Å². The van der Waals surface area contributed by atoms with Crippen molar-refractivity contribution >= 4 is 5.82 Å². The van der Waals surface area contributed by atoms with Gasteiger partial charge in [-0.1, -0.05) is 12.1 Å². The third kappa shape index (κ3) is 3.01. The molecule has 0 radical (unpaired) electrons. The molecule has 0 spiro atoms. The van der Waals surface area contributed by atoms with Gasteiger partial charge in [-0.05, 0) is 43.2 Å². The third-order valence-electron chi connectivity index (χ3n) is 4.36. The second-order valence-corrected chi connectivity index (χ2v) is 5.85. The van der Waals surface area contributed by atoms with Crippen molar-refractivity contribution < 1.29 is 9.84 Å². The first-order valence-electron chi connectivity index (χ1n) is 7.77. The number of rotatable bonds is 3. The van der Waals surface area contributed by atoms with Gasteiger partial charge in [0.2, 0.25) is 0 Å². The number of aromatic nitrogens is 1. The van der Waals surface area contributed by atoms with E-state index < -0.39 is 0 Å². The van der Waals surface area contributed by atoms with E-state index in [1.54, 1.807) is 18.3 Å². The SMILES string of the molecule is Cc1cccc(OC2CCN(c3ncccc3O)CC2)c1C. The molecule has 116 valence electrons. The Bertz CT molecular complexity index is 649. The summed E-state index contributed by atoms with van der Waals surface area (Å²) in [6, 6.07) is 9.61. The first kappa shape index (κ1) is 14.7. The zero-order valence-corrected chi connectivity index (χ0v) is 13.1. The van der Waals surface area contributed by atoms with E-state index in [-0.39, 0.29) is 11.9 Å². The number of piperidine rings is 1. The molecule has 1 aromatic carbocycles. The molecule has 0 unspecified atom stereocenters. The number of pyridine rings is 1. The van der Waals surface area contributed by atoms with E-state index in [0.717, 1.165) is 31.7 Å². The lowest BCUT2D eigenvalue weighted by Crippen LogP contribution is -2.38. The predicted octanol–water partition coefficient (Wildman–Crippen LogP) is 3.45. The molecule has 4 nitrogen and oxygen atoms in total. The molecule has 4 heteroatoms. The van der Waals surface area contributed by atoms with Crippen molar-refractivity contribution in [3.63, 3.8) is 0 Å². The molecule has 1 N–H and O–H groups in total. The highest BCUT2D eigenvalue weighted by Crippen LogP contribution is 2.29. The third-order valence-corrected chi connectivity index (χ3v) is 4.36. The van der Waals surface area contributed by atoms with E-state index in [0.29, 0.717) is 5.82 Å². The van der Waals surface area contributed by atoms with Gasteiger partial charge >= 0.3 is 0 Å². The van der Waals surface area contributed by atoms with Crippen molar-refractivity contribution in [2.45, 2.75) is 32.8 Å². The van der Waals surface area contributed by atoms with Gasteiger partial charge in [-0.3, -0.25) is 0 Å². The highest BCUT2D eigenvalue weighted by atomic mass is 16.5. The minimum absolute atomic E-state index is 0.225. The summed E-state index contributed by atoms with van der Waals surface area (Å²) >= 11 is 0. The van der Waals surface area contributed by atoms with Gasteiger partial charge in [-0.25, -0.2) is 4.98 Å². The summed E-state index contributed by atoms with van der Waals surface area (Å²) in [5.74, 6) is 1.91. The summed E-state index contributed by atoms with van der Waals surface area (Å²) in [6.07, 6.45) is 3.81. The van der Waals surface area contributed by atoms with E-state index in [1.807, 2.05) is 12.1 Å². The fourth-order valence-corrected chi connectivity index (χ4v) is 2.85. The average molecular weight is 298 g/mol. The Morgan fingerprint density at radius 2 is 1.91 bits per heavy atom. The molecule has 0 saturated carbocycles. The molecule has 22 heavy (non-hydrogen) atoms. The minimum Gasteiger partial charge on any atom is -0.504 e. The van der Waals surface area contributed by atoms with E-state index in [9.17, 15) is 5.11 Å². The van der Waals surface area contributed by atoms with E-state index in [1.165, 1.54) is 11.1 Å². The summed E-state index contributed by atoms with van der Waals surface area (Å²) in [7, 11) is 0. The fourth-order valence-electron chi connectivity index (χ4n) is 2.85. The van der Waals surface area contributed by atoms with Crippen molar-refractivity contribution in [1.29, 1.82) is 0 Å². The highest BCUT2D eigenvalue weighted by molar-refractivity contribution is 5.51. The van der Waals surface area contributed by atoms with Gasteiger partial charge in [0.1, 0.15) is 11.9 Å². The van der Waals surface area contributed by atoms with Crippen LogP contribution in [0.4, 0.5) is 5.82 Å². The number of hydrogen-bond acceptors (Lipinski definition) is 4. The molecule has 2 heterocycles. The van der Waals surface area contributed by atoms with Gasteiger partial charge in [0.15, 0.2) is 11.6 Å². The molecular weight excluding hydrogens is 276 g/mol. The van der Waals surface area contributed by atoms with Crippen molar-refractivity contribution in [1.82, 2.24) is 4.98 Å². The number of nitrogens with zero attached hydrogens (tertiary/aromatic N) is 2. The molecule has 1 saturated heterocycles. The van der Waals surface area contributed by atoms with Gasteiger partial charge in [0, 0.05) is 32.1 Å². The monoisotopic (exact) mass is 298 g/mol. The van der Waals surface area contributed by atoms with Crippen LogP contribution in [0.25, 0.3) is 0 Å². The van der Waals surface area contributed by atoms with Crippen LogP contribution in [0.2, 0.25) is 0 Å². The minimum atomic E-state index is 0.225. The number of aromatic hydroxyl groups is 1. The van der Waals surface area contributed by atoms with Crippen LogP contribution in [-0.4, -0.2) is 29.3 Å². The first-order chi connectivity index (χ1) is 10.6. The number of ether oxygens (including phenoxy) is 1. The van der Waals surface area contributed by atoms with Gasteiger partial charge in [0.05, 0.1) is 0 Å². The molecule has 0 atom stereocenters. The zero-order chi connectivity index (χ0) is 15.5. The molecule has 1 aliphatic heterocycles. The molecule has 2 aromatic rings. The van der Waals surface area contributed by atoms with Crippen LogP contribution < -0.4 is 9.64 Å². The fraction of sp³-hybridized carbons (Fsp3) is 0.389. The Labute approximate surface area is 131 Å². The first-order valence-corrected chi connectivity index (χ1v) is 7.77. The number of anilines is 1. The number of hydrogen-bond donors (Lipinski definition) is 1. The topological polar surface area (TPSA) is 45.6 Å².